The smallest absolute Gasteiger partial charge is 0.255 e. The summed E-state index contributed by atoms with van der Waals surface area (Å²) in [4.78, 5) is 32.1. The molecule has 1 amide bonds. The average Bonchev–Trinajstić information content (AvgIpc) is 3.21. The van der Waals surface area contributed by atoms with Crippen LogP contribution in [0.25, 0.3) is 5.78 Å². The van der Waals surface area contributed by atoms with Crippen molar-refractivity contribution in [1.82, 2.24) is 24.5 Å². The standard InChI is InChI=1S/C21H24N6O2S/c28-18(26-12-10-25(11-13-26)15-6-2-1-3-7-15)14-30-21-24-23-20-22-19(29)16-8-4-5-9-17(16)27(20)21/h1-3,6-7H,4-5,8-14H2,(H,22,23,29). The maximum atomic E-state index is 12.8. The number of aromatic amines is 1. The van der Waals surface area contributed by atoms with Crippen molar-refractivity contribution in [2.24, 2.45) is 0 Å². The minimum Gasteiger partial charge on any atom is -0.368 e. The number of anilines is 1. The monoisotopic (exact) mass is 424 g/mol. The van der Waals surface area contributed by atoms with Gasteiger partial charge in [-0.15, -0.1) is 10.2 Å². The van der Waals surface area contributed by atoms with Crippen LogP contribution in [0.15, 0.2) is 40.3 Å². The van der Waals surface area contributed by atoms with Crippen molar-refractivity contribution in [1.29, 1.82) is 0 Å². The summed E-state index contributed by atoms with van der Waals surface area (Å²) in [5, 5.41) is 9.04. The van der Waals surface area contributed by atoms with Crippen molar-refractivity contribution in [2.75, 3.05) is 36.8 Å². The van der Waals surface area contributed by atoms with Gasteiger partial charge in [0, 0.05) is 43.1 Å². The number of nitrogens with zero attached hydrogens (tertiary/aromatic N) is 5. The Labute approximate surface area is 178 Å². The molecule has 0 spiro atoms. The Bertz CT molecular complexity index is 1120. The number of nitrogens with one attached hydrogen (secondary N) is 1. The molecule has 0 radical (unpaired) electrons. The molecule has 1 fully saturated rings. The van der Waals surface area contributed by atoms with Gasteiger partial charge < -0.3 is 9.80 Å². The highest BCUT2D eigenvalue weighted by Gasteiger charge is 2.24. The zero-order valence-electron chi connectivity index (χ0n) is 16.7. The maximum Gasteiger partial charge on any atom is 0.255 e. The number of hydrogen-bond donors (Lipinski definition) is 1. The van der Waals surface area contributed by atoms with Gasteiger partial charge in [-0.05, 0) is 37.8 Å². The molecule has 3 aromatic rings. The number of aromatic nitrogens is 4. The average molecular weight is 425 g/mol. The number of hydrogen-bond acceptors (Lipinski definition) is 6. The molecule has 156 valence electrons. The molecule has 1 saturated heterocycles. The third kappa shape index (κ3) is 3.58. The molecule has 2 aromatic heterocycles. The van der Waals surface area contributed by atoms with Gasteiger partial charge in [0.05, 0.1) is 5.75 Å². The molecule has 0 bridgehead atoms. The summed E-state index contributed by atoms with van der Waals surface area (Å²) in [7, 11) is 0. The first-order valence-corrected chi connectivity index (χ1v) is 11.4. The Morgan fingerprint density at radius 1 is 1.03 bits per heavy atom. The van der Waals surface area contributed by atoms with E-state index in [1.807, 2.05) is 27.5 Å². The third-order valence-corrected chi connectivity index (χ3v) is 6.83. The van der Waals surface area contributed by atoms with Gasteiger partial charge in [-0.3, -0.25) is 19.0 Å². The number of fused-ring (bicyclic) bond motifs is 3. The summed E-state index contributed by atoms with van der Waals surface area (Å²) in [6.07, 6.45) is 3.71. The SMILES string of the molecule is O=C(CSc1nnc2[nH]c(=O)c3c(n12)CCCC3)N1CCN(c2ccccc2)CC1. The van der Waals surface area contributed by atoms with E-state index >= 15 is 0 Å². The second-order valence-electron chi connectivity index (χ2n) is 7.72. The number of carbonyl (C=O) groups excluding carboxylic acids is 1. The molecule has 0 unspecified atom stereocenters. The van der Waals surface area contributed by atoms with Crippen LogP contribution < -0.4 is 10.5 Å². The lowest BCUT2D eigenvalue weighted by atomic mass is 9.97. The predicted molar refractivity (Wildman–Crippen MR) is 116 cm³/mol. The lowest BCUT2D eigenvalue weighted by molar-refractivity contribution is -0.128. The highest BCUT2D eigenvalue weighted by atomic mass is 32.2. The molecule has 0 saturated carbocycles. The van der Waals surface area contributed by atoms with E-state index in [2.05, 4.69) is 32.2 Å². The van der Waals surface area contributed by atoms with Gasteiger partial charge in [-0.25, -0.2) is 0 Å². The van der Waals surface area contributed by atoms with Crippen LogP contribution in [0.3, 0.4) is 0 Å². The number of carbonyl (C=O) groups is 1. The van der Waals surface area contributed by atoms with Crippen molar-refractivity contribution in [3.63, 3.8) is 0 Å². The summed E-state index contributed by atoms with van der Waals surface area (Å²) < 4.78 is 1.93. The lowest BCUT2D eigenvalue weighted by Gasteiger charge is -2.36. The van der Waals surface area contributed by atoms with E-state index in [1.54, 1.807) is 0 Å². The maximum absolute atomic E-state index is 12.8. The van der Waals surface area contributed by atoms with Gasteiger partial charge in [-0.1, -0.05) is 30.0 Å². The minimum atomic E-state index is -0.0616. The first-order chi connectivity index (χ1) is 14.7. The number of rotatable bonds is 4. The van der Waals surface area contributed by atoms with Crippen LogP contribution in [0.1, 0.15) is 24.1 Å². The van der Waals surface area contributed by atoms with Gasteiger partial charge in [0.2, 0.25) is 11.7 Å². The van der Waals surface area contributed by atoms with Crippen LogP contribution in [-0.2, 0) is 17.6 Å². The molecular formula is C21H24N6O2S. The van der Waals surface area contributed by atoms with Crippen LogP contribution in [0.5, 0.6) is 0 Å². The number of benzene rings is 1. The van der Waals surface area contributed by atoms with Crippen molar-refractivity contribution in [3.8, 4) is 0 Å². The Balaban J connectivity index is 1.25. The Kier molecular flexibility index (Phi) is 5.20. The van der Waals surface area contributed by atoms with E-state index in [9.17, 15) is 9.59 Å². The zero-order chi connectivity index (χ0) is 20.5. The summed E-state index contributed by atoms with van der Waals surface area (Å²) in [5.41, 5.74) is 2.97. The van der Waals surface area contributed by atoms with E-state index in [4.69, 9.17) is 0 Å². The molecule has 1 aromatic carbocycles. The second-order valence-corrected chi connectivity index (χ2v) is 8.66. The van der Waals surface area contributed by atoms with Gasteiger partial charge in [0.25, 0.3) is 5.56 Å². The first-order valence-electron chi connectivity index (χ1n) is 10.4. The molecule has 2 aliphatic rings. The van der Waals surface area contributed by atoms with Gasteiger partial charge in [0.15, 0.2) is 5.16 Å². The molecule has 1 aliphatic carbocycles. The van der Waals surface area contributed by atoms with Crippen LogP contribution in [0.2, 0.25) is 0 Å². The van der Waals surface area contributed by atoms with Crippen LogP contribution in [0.4, 0.5) is 5.69 Å². The number of para-hydroxylation sites is 1. The Hall–Kier alpha value is -2.81. The van der Waals surface area contributed by atoms with Gasteiger partial charge in [-0.2, -0.15) is 0 Å². The van der Waals surface area contributed by atoms with Crippen LogP contribution in [-0.4, -0.2) is 62.3 Å². The highest BCUT2D eigenvalue weighted by Crippen LogP contribution is 2.24. The molecule has 3 heterocycles. The summed E-state index contributed by atoms with van der Waals surface area (Å²) in [5.74, 6) is 0.898. The number of H-pyrrole nitrogens is 1. The number of amides is 1. The van der Waals surface area contributed by atoms with Crippen LogP contribution in [0, 0.1) is 0 Å². The molecule has 30 heavy (non-hydrogen) atoms. The summed E-state index contributed by atoms with van der Waals surface area (Å²) >= 11 is 1.40. The lowest BCUT2D eigenvalue weighted by Crippen LogP contribution is -2.49. The predicted octanol–water partition coefficient (Wildman–Crippen LogP) is 1.74. The minimum absolute atomic E-state index is 0.0616. The van der Waals surface area contributed by atoms with Crippen molar-refractivity contribution in [3.05, 3.63) is 51.9 Å². The topological polar surface area (TPSA) is 86.6 Å². The molecule has 1 aliphatic heterocycles. The van der Waals surface area contributed by atoms with Gasteiger partial charge >= 0.3 is 0 Å². The summed E-state index contributed by atoms with van der Waals surface area (Å²) in [6, 6.07) is 10.3. The van der Waals surface area contributed by atoms with E-state index < -0.39 is 0 Å². The fourth-order valence-electron chi connectivity index (χ4n) is 4.32. The fraction of sp³-hybridized carbons (Fsp3) is 0.429. The molecule has 0 atom stereocenters. The molecule has 9 heteroatoms. The van der Waals surface area contributed by atoms with Crippen molar-refractivity contribution in [2.45, 2.75) is 30.8 Å². The third-order valence-electron chi connectivity index (χ3n) is 5.92. The van der Waals surface area contributed by atoms with Crippen molar-refractivity contribution >= 4 is 29.1 Å². The number of piperazine rings is 1. The Morgan fingerprint density at radius 2 is 1.80 bits per heavy atom. The summed E-state index contributed by atoms with van der Waals surface area (Å²) in [6.45, 7) is 3.11. The van der Waals surface area contributed by atoms with E-state index in [1.165, 1.54) is 17.4 Å². The quantitative estimate of drug-likeness (QED) is 0.642. The van der Waals surface area contributed by atoms with E-state index in [0.717, 1.165) is 63.1 Å². The second kappa shape index (κ2) is 8.14. The van der Waals surface area contributed by atoms with E-state index in [-0.39, 0.29) is 11.5 Å². The Morgan fingerprint density at radius 3 is 2.60 bits per heavy atom. The number of thioether (sulfide) groups is 1. The normalized spacial score (nSPS) is 16.7. The molecule has 8 nitrogen and oxygen atoms in total. The fourth-order valence-corrected chi connectivity index (χ4v) is 5.18. The van der Waals surface area contributed by atoms with E-state index in [0.29, 0.717) is 16.7 Å². The molecule has 1 N–H and O–H groups in total. The van der Waals surface area contributed by atoms with Gasteiger partial charge in [0.1, 0.15) is 0 Å². The highest BCUT2D eigenvalue weighted by molar-refractivity contribution is 7.99. The largest absolute Gasteiger partial charge is 0.368 e. The zero-order valence-corrected chi connectivity index (χ0v) is 17.5. The van der Waals surface area contributed by atoms with Crippen molar-refractivity contribution < 1.29 is 4.79 Å². The molecule has 5 rings (SSSR count). The van der Waals surface area contributed by atoms with Crippen LogP contribution >= 0.6 is 11.8 Å². The number of aryl methyl sites for hydroxylation is 1. The molecular weight excluding hydrogens is 400 g/mol. The first kappa shape index (κ1) is 19.2.